The van der Waals surface area contributed by atoms with Crippen LogP contribution in [-0.2, 0) is 114 Å². The van der Waals surface area contributed by atoms with Crippen LogP contribution < -0.4 is 34.7 Å². The van der Waals surface area contributed by atoms with E-state index in [1.165, 1.54) is 21.3 Å². The second-order valence-corrected chi connectivity index (χ2v) is 20.1. The molecule has 5 fully saturated rings. The number of esters is 7. The molecule has 5 rings (SSSR count). The Bertz CT molecular complexity index is 2020. The monoisotopic (exact) mass is 1240 g/mol. The molecule has 5 aliphatic rings. The number of carbonyl (C=O) groups is 9. The van der Waals surface area contributed by atoms with Crippen molar-refractivity contribution in [3.8, 4) is 0 Å². The van der Waals surface area contributed by atoms with Crippen LogP contribution in [-0.4, -0.2) is 183 Å². The van der Waals surface area contributed by atoms with Crippen molar-refractivity contribution in [2.75, 3.05) is 41.2 Å². The van der Waals surface area contributed by atoms with Crippen LogP contribution >= 0.6 is 0 Å². The Balaban J connectivity index is -0.00000105. The van der Waals surface area contributed by atoms with E-state index in [1.807, 2.05) is 62.3 Å². The van der Waals surface area contributed by atoms with Gasteiger partial charge in [-0.25, -0.2) is 0 Å². The van der Waals surface area contributed by atoms with Gasteiger partial charge in [0.25, 0.3) is 0 Å². The van der Waals surface area contributed by atoms with E-state index in [0.29, 0.717) is 25.7 Å². The average Bonchev–Trinajstić information content (AvgIpc) is 4.01. The number of hydrogen-bond acceptors (Lipinski definition) is 27. The molecule has 0 aromatic heterocycles. The van der Waals surface area contributed by atoms with Crippen LogP contribution in [0.15, 0.2) is 0 Å². The quantitative estimate of drug-likeness (QED) is 0.0385. The van der Waals surface area contributed by atoms with Crippen molar-refractivity contribution < 1.29 is 170 Å². The normalized spacial score (nSPS) is 29.7. The number of ether oxygens (including phenoxy) is 13. The Hall–Kier alpha value is -4.59. The number of cyclic esters (lactones) is 3. The van der Waals surface area contributed by atoms with Crippen molar-refractivity contribution in [3.63, 3.8) is 0 Å². The Morgan fingerprint density at radius 3 is 1.26 bits per heavy atom. The molecule has 0 aromatic carbocycles. The van der Waals surface area contributed by atoms with E-state index in [9.17, 15) is 58.5 Å². The van der Waals surface area contributed by atoms with E-state index in [4.69, 9.17) is 71.5 Å². The first-order chi connectivity index (χ1) is 39.1. The number of carboxylic acid groups (broad SMARTS) is 2. The standard InChI is InChI=1S/2C17H28O8.C13H24O5.C4H4O3.C3H6O2.CO2.Na.H2O/c1-5-6-13(18)22-9-12-10(2)11(3)15(16(21-4)23-12)25-17(20)8-7-14(19)24-17;1-5-6-14(20)23-9-12-10(2)11(3)16(17(22-4)24-12)25-15(21)8-7-13(18)19;1-5-6-11(14)17-7-10-8(2)9(3)12(15)13(16-4)18-10;5-3-1-2-4(6)7-3;1-2-3(4)5;2-1-3;;/h10-12,15-16,20H,5-9H2,1-4H3;10-12,16-17H,5-9H2,1-4H3,(H,18,19);8-10,12-13,15H,5-7H2,1-4H3;1-2H2;2H2,1H3,(H,4,5);;;1H2/q;;;;;;+1;/p-1/t10-,11-,12?,15?,16+,17?;10-,11-,12?,16?,17+;8-,9-,10?,12?,13+;;;;;/m000...../s1. The number of rotatable bonds is 22. The van der Waals surface area contributed by atoms with E-state index in [2.05, 4.69) is 4.74 Å². The third-order valence-corrected chi connectivity index (χ3v) is 14.0. The predicted molar refractivity (Wildman–Crippen MR) is 282 cm³/mol. The van der Waals surface area contributed by atoms with E-state index in [-0.39, 0.29) is 171 Å². The largest absolute Gasteiger partial charge is 1.00 e. The van der Waals surface area contributed by atoms with Crippen molar-refractivity contribution >= 4 is 59.9 Å². The molecular formula is C55H91NaO29. The molecule has 85 heavy (non-hydrogen) atoms. The number of carboxylic acids is 2. The van der Waals surface area contributed by atoms with Crippen LogP contribution in [0, 0.1) is 35.5 Å². The summed E-state index contributed by atoms with van der Waals surface area (Å²) in [5.41, 5.74) is 0. The molecule has 16 atom stereocenters. The maximum absolute atomic E-state index is 11.8. The fourth-order valence-corrected chi connectivity index (χ4v) is 8.30. The van der Waals surface area contributed by atoms with Gasteiger partial charge in [-0.2, -0.15) is 9.59 Å². The average molecular weight is 1240 g/mol. The maximum Gasteiger partial charge on any atom is 1.00 e. The van der Waals surface area contributed by atoms with Gasteiger partial charge < -0.3 is 92.3 Å². The van der Waals surface area contributed by atoms with Gasteiger partial charge in [-0.3, -0.25) is 38.4 Å². The van der Waals surface area contributed by atoms with Crippen LogP contribution in [0.25, 0.3) is 0 Å². The summed E-state index contributed by atoms with van der Waals surface area (Å²) in [6.45, 7) is 19.4. The smallest absolute Gasteiger partial charge is 0.550 e. The molecule has 0 radical (unpaired) electrons. The summed E-state index contributed by atoms with van der Waals surface area (Å²) in [5, 5.41) is 38.4. The minimum atomic E-state index is -1.95. The van der Waals surface area contributed by atoms with Gasteiger partial charge >= 0.3 is 89.4 Å². The number of aliphatic hydroxyl groups is 2. The minimum Gasteiger partial charge on any atom is -0.550 e. The maximum atomic E-state index is 11.8. The summed E-state index contributed by atoms with van der Waals surface area (Å²) in [6, 6.07) is 0. The van der Waals surface area contributed by atoms with Gasteiger partial charge in [-0.15, -0.1) is 0 Å². The van der Waals surface area contributed by atoms with Crippen LogP contribution in [0.5, 0.6) is 0 Å². The molecule has 30 heteroatoms. The number of aliphatic carboxylic acids is 2. The summed E-state index contributed by atoms with van der Waals surface area (Å²) in [5.74, 6) is -6.83. The molecule has 0 aliphatic carbocycles. The Kier molecular flexibility index (Phi) is 45.5. The molecule has 5 saturated heterocycles. The summed E-state index contributed by atoms with van der Waals surface area (Å²) in [7, 11) is 4.39. The van der Waals surface area contributed by atoms with Gasteiger partial charge in [0, 0.05) is 58.9 Å². The van der Waals surface area contributed by atoms with Gasteiger partial charge in [-0.05, 0) is 55.3 Å². The van der Waals surface area contributed by atoms with Crippen molar-refractivity contribution in [2.24, 2.45) is 35.5 Å². The molecule has 0 saturated carbocycles. The zero-order chi connectivity index (χ0) is 63.6. The molecular weight excluding hydrogens is 1150 g/mol. The van der Waals surface area contributed by atoms with Crippen LogP contribution in [0.4, 0.5) is 0 Å². The topological polar surface area (TPSA) is 423 Å². The van der Waals surface area contributed by atoms with E-state index in [1.54, 1.807) is 6.92 Å². The Morgan fingerprint density at radius 2 is 0.941 bits per heavy atom. The molecule has 0 amide bonds. The first-order valence-corrected chi connectivity index (χ1v) is 27.7. The van der Waals surface area contributed by atoms with Crippen molar-refractivity contribution in [1.29, 1.82) is 0 Å². The molecule has 0 aromatic rings. The first kappa shape index (κ1) is 84.6. The van der Waals surface area contributed by atoms with Gasteiger partial charge in [0.05, 0.1) is 50.4 Å². The summed E-state index contributed by atoms with van der Waals surface area (Å²) < 4.78 is 68.6. The number of hydrogen-bond donors (Lipinski definition) is 3. The number of methoxy groups -OCH3 is 3. The van der Waals surface area contributed by atoms with E-state index in [0.717, 1.165) is 12.8 Å². The van der Waals surface area contributed by atoms with E-state index < -0.39 is 85.4 Å². The van der Waals surface area contributed by atoms with Crippen LogP contribution in [0.2, 0.25) is 0 Å². The molecule has 29 nitrogen and oxygen atoms in total. The second-order valence-electron chi connectivity index (χ2n) is 20.1. The van der Waals surface area contributed by atoms with Gasteiger partial charge in [-0.1, -0.05) is 69.2 Å². The Morgan fingerprint density at radius 1 is 0.576 bits per heavy atom. The number of aliphatic hydroxyl groups excluding tert-OH is 1. The molecule has 486 valence electrons. The molecule has 5 N–H and O–H groups in total. The van der Waals surface area contributed by atoms with Gasteiger partial charge in [0.2, 0.25) is 0 Å². The van der Waals surface area contributed by atoms with Crippen molar-refractivity contribution in [3.05, 3.63) is 0 Å². The molecule has 5 aliphatic heterocycles. The van der Waals surface area contributed by atoms with Gasteiger partial charge in [0.15, 0.2) is 25.0 Å². The first-order valence-electron chi connectivity index (χ1n) is 27.7. The van der Waals surface area contributed by atoms with Crippen LogP contribution in [0.3, 0.4) is 0 Å². The third kappa shape index (κ3) is 32.3. The second kappa shape index (κ2) is 45.7. The van der Waals surface area contributed by atoms with E-state index >= 15 is 0 Å². The molecule has 5 heterocycles. The van der Waals surface area contributed by atoms with Crippen molar-refractivity contribution in [1.82, 2.24) is 0 Å². The minimum absolute atomic E-state index is 0. The number of carbonyl (C=O) groups excluding carboxylic acids is 10. The van der Waals surface area contributed by atoms with Crippen molar-refractivity contribution in [2.45, 2.75) is 214 Å². The zero-order valence-electron chi connectivity index (χ0n) is 51.5. The summed E-state index contributed by atoms with van der Waals surface area (Å²) in [6.07, 6.45) is -1.28. The van der Waals surface area contributed by atoms with Gasteiger partial charge in [0.1, 0.15) is 32.0 Å². The molecule has 0 bridgehead atoms. The Labute approximate surface area is 518 Å². The molecule has 0 spiro atoms. The fraction of sp³-hybridized carbons (Fsp3) is 0.818. The zero-order valence-corrected chi connectivity index (χ0v) is 53.5. The predicted octanol–water partition coefficient (Wildman–Crippen LogP) is -0.982. The molecule has 7 unspecified atom stereocenters. The SMILES string of the molecule is CCC(=O)O.CCCC(=O)OCC1O[C@@H](OC)C(O)[C@@H](C)[C@@H]1C.CCCC(=O)OCC1O[C@@H](OC)C(OC(=O)CCC(=O)[O-])[C@@H](C)[C@@H]1C.CCCC(=O)OCC1O[C@@H](OC)C(OC2(O)CCC(=O)O2)[C@@H](C)[C@@H]1C.O.O=C1CCC(=O)O1.O=C=O.[Na+]. The fourth-order valence-electron chi connectivity index (χ4n) is 8.30. The third-order valence-electron chi connectivity index (χ3n) is 14.0. The van der Waals surface area contributed by atoms with Crippen LogP contribution in [0.1, 0.15) is 153 Å². The summed E-state index contributed by atoms with van der Waals surface area (Å²) >= 11 is 0. The summed E-state index contributed by atoms with van der Waals surface area (Å²) in [4.78, 5) is 114.